The maximum atomic E-state index is 12.7. The summed E-state index contributed by atoms with van der Waals surface area (Å²) in [6, 6.07) is 7.13. The fourth-order valence-corrected chi connectivity index (χ4v) is 3.39. The van der Waals surface area contributed by atoms with Crippen LogP contribution in [0, 0.1) is 0 Å². The number of benzene rings is 1. The predicted octanol–water partition coefficient (Wildman–Crippen LogP) is 2.39. The first kappa shape index (κ1) is 18.3. The summed E-state index contributed by atoms with van der Waals surface area (Å²) in [7, 11) is 0. The molecule has 26 heavy (non-hydrogen) atoms. The monoisotopic (exact) mass is 394 g/mol. The first-order valence-electron chi connectivity index (χ1n) is 7.96. The molecule has 136 valence electrons. The Morgan fingerprint density at radius 2 is 1.85 bits per heavy atom. The van der Waals surface area contributed by atoms with E-state index in [0.717, 1.165) is 0 Å². The van der Waals surface area contributed by atoms with Gasteiger partial charge in [-0.25, -0.2) is 0 Å². The Kier molecular flexibility index (Phi) is 5.49. The van der Waals surface area contributed by atoms with Crippen molar-refractivity contribution in [3.8, 4) is 0 Å². The summed E-state index contributed by atoms with van der Waals surface area (Å²) in [5.74, 6) is -1.26. The van der Waals surface area contributed by atoms with Crippen LogP contribution in [0.4, 0.5) is 0 Å². The molecule has 1 atom stereocenters. The molecule has 0 spiro atoms. The number of hydrazine groups is 1. The van der Waals surface area contributed by atoms with Crippen LogP contribution in [0.2, 0.25) is 10.0 Å². The number of carbonyl (C=O) groups is 3. The molecule has 1 unspecified atom stereocenters. The van der Waals surface area contributed by atoms with Crippen molar-refractivity contribution in [1.29, 1.82) is 0 Å². The Labute approximate surface area is 159 Å². The van der Waals surface area contributed by atoms with Gasteiger partial charge in [0.2, 0.25) is 0 Å². The molecule has 7 nitrogen and oxygen atoms in total. The number of aromatic nitrogens is 1. The van der Waals surface area contributed by atoms with Gasteiger partial charge in [0.1, 0.15) is 11.7 Å². The molecular weight excluding hydrogens is 379 g/mol. The summed E-state index contributed by atoms with van der Waals surface area (Å²) in [5, 5.41) is 0.693. The van der Waals surface area contributed by atoms with Crippen LogP contribution in [0.5, 0.6) is 0 Å². The minimum Gasteiger partial charge on any atom is -0.357 e. The van der Waals surface area contributed by atoms with E-state index in [1.165, 1.54) is 23.1 Å². The van der Waals surface area contributed by atoms with Crippen LogP contribution < -0.4 is 10.9 Å². The van der Waals surface area contributed by atoms with Crippen molar-refractivity contribution < 1.29 is 14.4 Å². The highest BCUT2D eigenvalue weighted by atomic mass is 35.5. The van der Waals surface area contributed by atoms with Gasteiger partial charge in [0.25, 0.3) is 17.7 Å². The van der Waals surface area contributed by atoms with E-state index in [1.807, 2.05) is 0 Å². The second-order valence-electron chi connectivity index (χ2n) is 5.84. The number of H-pyrrole nitrogens is 1. The van der Waals surface area contributed by atoms with E-state index < -0.39 is 17.9 Å². The Bertz CT molecular complexity index is 818. The van der Waals surface area contributed by atoms with Crippen LogP contribution in [0.3, 0.4) is 0 Å². The highest BCUT2D eigenvalue weighted by Crippen LogP contribution is 2.24. The van der Waals surface area contributed by atoms with Gasteiger partial charge in [-0.15, -0.1) is 0 Å². The zero-order valence-electron chi connectivity index (χ0n) is 13.6. The van der Waals surface area contributed by atoms with Crippen molar-refractivity contribution in [3.63, 3.8) is 0 Å². The summed E-state index contributed by atoms with van der Waals surface area (Å²) in [6.45, 7) is 0.436. The zero-order chi connectivity index (χ0) is 18.7. The molecule has 0 aliphatic carbocycles. The van der Waals surface area contributed by atoms with Crippen LogP contribution in [0.15, 0.2) is 36.5 Å². The molecular formula is C17H16Cl2N4O3. The van der Waals surface area contributed by atoms with Gasteiger partial charge in [-0.1, -0.05) is 23.2 Å². The van der Waals surface area contributed by atoms with Gasteiger partial charge < -0.3 is 9.88 Å². The number of aromatic amines is 1. The normalized spacial score (nSPS) is 16.4. The van der Waals surface area contributed by atoms with Crippen molar-refractivity contribution in [3.05, 3.63) is 57.8 Å². The maximum absolute atomic E-state index is 12.7. The molecule has 2 heterocycles. The number of amides is 3. The molecule has 1 aliphatic rings. The molecule has 1 saturated heterocycles. The fourth-order valence-electron chi connectivity index (χ4n) is 2.87. The number of rotatable bonds is 3. The number of carbonyl (C=O) groups excluding carboxylic acids is 3. The Morgan fingerprint density at radius 1 is 1.12 bits per heavy atom. The Morgan fingerprint density at radius 3 is 2.50 bits per heavy atom. The quantitative estimate of drug-likeness (QED) is 0.697. The molecule has 1 fully saturated rings. The molecule has 1 aromatic carbocycles. The van der Waals surface area contributed by atoms with E-state index in [1.54, 1.807) is 18.3 Å². The highest BCUT2D eigenvalue weighted by molar-refractivity contribution is 6.35. The van der Waals surface area contributed by atoms with Crippen LogP contribution in [0.25, 0.3) is 0 Å². The van der Waals surface area contributed by atoms with E-state index in [0.29, 0.717) is 40.7 Å². The topological polar surface area (TPSA) is 94.3 Å². The smallest absolute Gasteiger partial charge is 0.286 e. The third-order valence-corrected chi connectivity index (χ3v) is 4.50. The minimum absolute atomic E-state index is 0.317. The minimum atomic E-state index is -0.677. The van der Waals surface area contributed by atoms with Gasteiger partial charge in [-0.3, -0.25) is 25.2 Å². The molecule has 3 amide bonds. The third kappa shape index (κ3) is 4.00. The molecule has 3 rings (SSSR count). The number of likely N-dealkylation sites (tertiary alicyclic amines) is 1. The number of nitrogens with zero attached hydrogens (tertiary/aromatic N) is 1. The van der Waals surface area contributed by atoms with E-state index in [-0.39, 0.29) is 5.91 Å². The van der Waals surface area contributed by atoms with Crippen LogP contribution in [0.1, 0.15) is 33.7 Å². The number of hydrogen-bond donors (Lipinski definition) is 3. The lowest BCUT2D eigenvalue weighted by Gasteiger charge is -2.24. The van der Waals surface area contributed by atoms with Gasteiger partial charge in [0.05, 0.1) is 0 Å². The molecule has 1 aromatic heterocycles. The van der Waals surface area contributed by atoms with Gasteiger partial charge in [0, 0.05) is 28.4 Å². The number of nitrogens with one attached hydrogen (secondary N) is 3. The standard InChI is InChI=1S/C17H16Cl2N4O3/c18-11-7-10(8-12(19)9-11)17(26)23-6-2-4-14(23)16(25)22-21-15(24)13-3-1-5-20-13/h1,3,5,7-9,14,20H,2,4,6H2,(H,21,24)(H,22,25). The summed E-state index contributed by atoms with van der Waals surface area (Å²) in [6.07, 6.45) is 2.79. The number of hydrogen-bond acceptors (Lipinski definition) is 3. The first-order valence-corrected chi connectivity index (χ1v) is 8.72. The van der Waals surface area contributed by atoms with Crippen LogP contribution in [-0.2, 0) is 4.79 Å². The van der Waals surface area contributed by atoms with Crippen LogP contribution >= 0.6 is 23.2 Å². The van der Waals surface area contributed by atoms with Gasteiger partial charge in [0.15, 0.2) is 0 Å². The molecule has 9 heteroatoms. The number of halogens is 2. The van der Waals surface area contributed by atoms with Crippen molar-refractivity contribution in [1.82, 2.24) is 20.7 Å². The lowest BCUT2D eigenvalue weighted by molar-refractivity contribution is -0.125. The van der Waals surface area contributed by atoms with Crippen LogP contribution in [-0.4, -0.2) is 40.2 Å². The summed E-state index contributed by atoms with van der Waals surface area (Å²) >= 11 is 11.9. The molecule has 3 N–H and O–H groups in total. The first-order chi connectivity index (χ1) is 12.5. The lowest BCUT2D eigenvalue weighted by Crippen LogP contribution is -2.51. The van der Waals surface area contributed by atoms with Gasteiger partial charge in [-0.2, -0.15) is 0 Å². The zero-order valence-corrected chi connectivity index (χ0v) is 15.1. The Balaban J connectivity index is 1.66. The van der Waals surface area contributed by atoms with Crippen molar-refractivity contribution in [2.45, 2.75) is 18.9 Å². The SMILES string of the molecule is O=C(NNC(=O)C1CCCN1C(=O)c1cc(Cl)cc(Cl)c1)c1ccc[nH]1. The molecule has 0 radical (unpaired) electrons. The highest BCUT2D eigenvalue weighted by Gasteiger charge is 2.35. The summed E-state index contributed by atoms with van der Waals surface area (Å²) in [4.78, 5) is 41.2. The molecule has 1 aliphatic heterocycles. The molecule has 0 bridgehead atoms. The lowest BCUT2D eigenvalue weighted by atomic mass is 10.1. The Hall–Kier alpha value is -2.51. The molecule has 0 saturated carbocycles. The van der Waals surface area contributed by atoms with Crippen molar-refractivity contribution >= 4 is 40.9 Å². The molecule has 2 aromatic rings. The maximum Gasteiger partial charge on any atom is 0.286 e. The summed E-state index contributed by atoms with van der Waals surface area (Å²) < 4.78 is 0. The van der Waals surface area contributed by atoms with Crippen molar-refractivity contribution in [2.24, 2.45) is 0 Å². The van der Waals surface area contributed by atoms with E-state index in [2.05, 4.69) is 15.8 Å². The van der Waals surface area contributed by atoms with E-state index in [4.69, 9.17) is 23.2 Å². The van der Waals surface area contributed by atoms with E-state index in [9.17, 15) is 14.4 Å². The second kappa shape index (κ2) is 7.80. The fraction of sp³-hybridized carbons (Fsp3) is 0.235. The van der Waals surface area contributed by atoms with Crippen molar-refractivity contribution in [2.75, 3.05) is 6.54 Å². The average molecular weight is 395 g/mol. The van der Waals surface area contributed by atoms with Gasteiger partial charge >= 0.3 is 0 Å². The van der Waals surface area contributed by atoms with Gasteiger partial charge in [-0.05, 0) is 43.2 Å². The third-order valence-electron chi connectivity index (χ3n) is 4.07. The van der Waals surface area contributed by atoms with E-state index >= 15 is 0 Å². The summed E-state index contributed by atoms with van der Waals surface area (Å²) in [5.41, 5.74) is 5.33. The average Bonchev–Trinajstić information content (AvgIpc) is 3.29. The second-order valence-corrected chi connectivity index (χ2v) is 6.71. The predicted molar refractivity (Wildman–Crippen MR) is 96.9 cm³/mol. The largest absolute Gasteiger partial charge is 0.357 e.